The van der Waals surface area contributed by atoms with Gasteiger partial charge in [0, 0.05) is 30.1 Å². The molecule has 8 nitrogen and oxygen atoms in total. The predicted molar refractivity (Wildman–Crippen MR) is 102 cm³/mol. The molecule has 0 amide bonds. The van der Waals surface area contributed by atoms with Gasteiger partial charge in [-0.2, -0.15) is 0 Å². The van der Waals surface area contributed by atoms with E-state index in [0.717, 1.165) is 0 Å². The molecular formula is C19H17N5O3. The fourth-order valence-corrected chi connectivity index (χ4v) is 2.73. The number of rotatable bonds is 3. The number of nitro groups is 1. The topological polar surface area (TPSA) is 106 Å². The molecule has 0 bridgehead atoms. The highest BCUT2D eigenvalue weighted by Gasteiger charge is 2.18. The molecule has 0 aliphatic rings. The van der Waals surface area contributed by atoms with E-state index < -0.39 is 10.6 Å². The van der Waals surface area contributed by atoms with Crippen molar-refractivity contribution in [1.29, 1.82) is 0 Å². The van der Waals surface area contributed by atoms with Gasteiger partial charge in [0.15, 0.2) is 0 Å². The zero-order valence-corrected chi connectivity index (χ0v) is 14.8. The molecular weight excluding hydrogens is 346 g/mol. The number of nitro benzene ring substituents is 1. The lowest BCUT2D eigenvalue weighted by atomic mass is 10.1. The van der Waals surface area contributed by atoms with Crippen molar-refractivity contribution in [3.63, 3.8) is 0 Å². The summed E-state index contributed by atoms with van der Waals surface area (Å²) in [6.07, 6.45) is 3.23. The summed E-state index contributed by atoms with van der Waals surface area (Å²) in [5.41, 5.74) is 2.45. The van der Waals surface area contributed by atoms with Gasteiger partial charge in [0.25, 0.3) is 5.69 Å². The molecule has 1 N–H and O–H groups in total. The summed E-state index contributed by atoms with van der Waals surface area (Å²) < 4.78 is 1.82. The van der Waals surface area contributed by atoms with E-state index in [-0.39, 0.29) is 5.69 Å². The van der Waals surface area contributed by atoms with Gasteiger partial charge in [0.1, 0.15) is 5.65 Å². The highest BCUT2D eigenvalue weighted by Crippen LogP contribution is 2.32. The van der Waals surface area contributed by atoms with Crippen molar-refractivity contribution < 1.29 is 4.92 Å². The van der Waals surface area contributed by atoms with E-state index in [2.05, 4.69) is 15.0 Å². The number of imidazole rings is 1. The Morgan fingerprint density at radius 2 is 1.93 bits per heavy atom. The molecule has 0 saturated carbocycles. The molecule has 27 heavy (non-hydrogen) atoms. The molecule has 0 aliphatic heterocycles. The van der Waals surface area contributed by atoms with Crippen molar-refractivity contribution in [1.82, 2.24) is 19.4 Å². The number of benzene rings is 1. The van der Waals surface area contributed by atoms with E-state index in [9.17, 15) is 14.9 Å². The van der Waals surface area contributed by atoms with E-state index in [4.69, 9.17) is 0 Å². The third-order valence-electron chi connectivity index (χ3n) is 3.79. The number of H-pyrrole nitrogens is 1. The molecule has 1 aromatic carbocycles. The molecule has 3 heterocycles. The summed E-state index contributed by atoms with van der Waals surface area (Å²) >= 11 is 0. The van der Waals surface area contributed by atoms with Gasteiger partial charge in [0.05, 0.1) is 22.0 Å². The van der Waals surface area contributed by atoms with Gasteiger partial charge in [-0.25, -0.2) is 14.8 Å². The number of aromatic amines is 1. The second kappa shape index (κ2) is 7.61. The van der Waals surface area contributed by atoms with Crippen LogP contribution in [-0.4, -0.2) is 24.3 Å². The predicted octanol–water partition coefficient (Wildman–Crippen LogP) is 3.69. The number of aromatic nitrogens is 4. The van der Waals surface area contributed by atoms with Crippen LogP contribution in [0.2, 0.25) is 0 Å². The molecule has 4 aromatic rings. The van der Waals surface area contributed by atoms with Crippen LogP contribution < -0.4 is 5.69 Å². The standard InChI is InChI=1S/C17H11N5O3.C2H6/c23-17-18-8-7-13(19-17)16-15(20-14-6-1-2-9-21(14)16)11-4-3-5-12(10-11)22(24)25;1-2/h1-10H,(H,18,19,23);1-2H3. The maximum Gasteiger partial charge on any atom is 0.345 e. The molecule has 0 unspecified atom stereocenters. The normalized spacial score (nSPS) is 10.3. The van der Waals surface area contributed by atoms with Crippen LogP contribution in [0.5, 0.6) is 0 Å². The van der Waals surface area contributed by atoms with Crippen LogP contribution in [0.15, 0.2) is 65.7 Å². The van der Waals surface area contributed by atoms with Gasteiger partial charge in [-0.15, -0.1) is 0 Å². The van der Waals surface area contributed by atoms with Crippen LogP contribution >= 0.6 is 0 Å². The smallest absolute Gasteiger partial charge is 0.304 e. The quantitative estimate of drug-likeness (QED) is 0.441. The van der Waals surface area contributed by atoms with Crippen LogP contribution in [0.25, 0.3) is 28.3 Å². The lowest BCUT2D eigenvalue weighted by Gasteiger charge is -2.05. The molecule has 4 rings (SSSR count). The minimum absolute atomic E-state index is 0.0243. The number of fused-ring (bicyclic) bond motifs is 1. The Kier molecular flexibility index (Phi) is 5.07. The van der Waals surface area contributed by atoms with Gasteiger partial charge < -0.3 is 4.98 Å². The van der Waals surface area contributed by atoms with E-state index in [1.807, 2.05) is 42.6 Å². The Bertz CT molecular complexity index is 1160. The van der Waals surface area contributed by atoms with E-state index in [1.165, 1.54) is 18.3 Å². The number of nitrogens with zero attached hydrogens (tertiary/aromatic N) is 4. The van der Waals surface area contributed by atoms with Crippen LogP contribution in [0.1, 0.15) is 13.8 Å². The fourth-order valence-electron chi connectivity index (χ4n) is 2.73. The van der Waals surface area contributed by atoms with E-state index in [1.54, 1.807) is 18.2 Å². The summed E-state index contributed by atoms with van der Waals surface area (Å²) in [5.74, 6) is 0. The molecule has 3 aromatic heterocycles. The Labute approximate surface area is 154 Å². The van der Waals surface area contributed by atoms with Crippen LogP contribution in [0, 0.1) is 10.1 Å². The van der Waals surface area contributed by atoms with Crippen molar-refractivity contribution in [2.45, 2.75) is 13.8 Å². The van der Waals surface area contributed by atoms with Gasteiger partial charge in [-0.3, -0.25) is 14.5 Å². The maximum absolute atomic E-state index is 11.6. The zero-order chi connectivity index (χ0) is 19.4. The van der Waals surface area contributed by atoms with Crippen molar-refractivity contribution in [3.8, 4) is 22.6 Å². The SMILES string of the molecule is CC.O=c1nccc(-c2c(-c3cccc([N+](=O)[O-])c3)nc3ccccn23)[nH]1. The number of pyridine rings is 1. The first kappa shape index (κ1) is 18.0. The molecule has 0 saturated heterocycles. The Hall–Kier alpha value is -3.81. The largest absolute Gasteiger partial charge is 0.345 e. The number of nitrogens with one attached hydrogen (secondary N) is 1. The minimum atomic E-state index is -0.478. The van der Waals surface area contributed by atoms with Gasteiger partial charge >= 0.3 is 5.69 Å². The zero-order valence-electron chi connectivity index (χ0n) is 14.8. The van der Waals surface area contributed by atoms with Crippen molar-refractivity contribution in [2.75, 3.05) is 0 Å². The molecule has 0 atom stereocenters. The summed E-state index contributed by atoms with van der Waals surface area (Å²) in [6.45, 7) is 4.00. The van der Waals surface area contributed by atoms with Crippen molar-refractivity contribution in [3.05, 3.63) is 81.5 Å². The van der Waals surface area contributed by atoms with E-state index >= 15 is 0 Å². The van der Waals surface area contributed by atoms with Gasteiger partial charge in [-0.05, 0) is 18.2 Å². The number of hydrogen-bond donors (Lipinski definition) is 1. The van der Waals surface area contributed by atoms with Crippen molar-refractivity contribution in [2.24, 2.45) is 0 Å². The third-order valence-corrected chi connectivity index (χ3v) is 3.79. The highest BCUT2D eigenvalue weighted by molar-refractivity contribution is 5.81. The molecule has 136 valence electrons. The summed E-state index contributed by atoms with van der Waals surface area (Å²) in [5, 5.41) is 11.1. The maximum atomic E-state index is 11.6. The minimum Gasteiger partial charge on any atom is -0.304 e. The number of hydrogen-bond acceptors (Lipinski definition) is 5. The Morgan fingerprint density at radius 1 is 1.11 bits per heavy atom. The molecule has 0 fully saturated rings. The summed E-state index contributed by atoms with van der Waals surface area (Å²) in [6, 6.07) is 13.4. The highest BCUT2D eigenvalue weighted by atomic mass is 16.6. The summed E-state index contributed by atoms with van der Waals surface area (Å²) in [7, 11) is 0. The monoisotopic (exact) mass is 363 g/mol. The van der Waals surface area contributed by atoms with Crippen LogP contribution in [0.3, 0.4) is 0 Å². The van der Waals surface area contributed by atoms with Crippen LogP contribution in [0.4, 0.5) is 5.69 Å². The number of non-ortho nitro benzene ring substituents is 1. The van der Waals surface area contributed by atoms with Crippen molar-refractivity contribution >= 4 is 11.3 Å². The Balaban J connectivity index is 0.00000102. The molecule has 8 heteroatoms. The first-order valence-corrected chi connectivity index (χ1v) is 8.41. The third kappa shape index (κ3) is 3.45. The Morgan fingerprint density at radius 3 is 2.67 bits per heavy atom. The lowest BCUT2D eigenvalue weighted by molar-refractivity contribution is -0.384. The molecule has 0 radical (unpaired) electrons. The van der Waals surface area contributed by atoms with E-state index in [0.29, 0.717) is 28.3 Å². The molecule has 0 aliphatic carbocycles. The molecule has 0 spiro atoms. The summed E-state index contributed by atoms with van der Waals surface area (Å²) in [4.78, 5) is 33.2. The second-order valence-corrected chi connectivity index (χ2v) is 5.33. The average Bonchev–Trinajstić information content (AvgIpc) is 3.09. The van der Waals surface area contributed by atoms with Crippen LogP contribution in [-0.2, 0) is 0 Å². The van der Waals surface area contributed by atoms with Gasteiger partial charge in [-0.1, -0.05) is 32.0 Å². The fraction of sp³-hybridized carbons (Fsp3) is 0.105. The van der Waals surface area contributed by atoms with Gasteiger partial charge in [0.2, 0.25) is 0 Å². The lowest BCUT2D eigenvalue weighted by Crippen LogP contribution is -2.10. The second-order valence-electron chi connectivity index (χ2n) is 5.33. The average molecular weight is 363 g/mol. The first-order valence-electron chi connectivity index (χ1n) is 8.41. The first-order chi connectivity index (χ1) is 13.1.